The number of sulfonamides is 1. The largest absolute Gasteiger partial charge is 0.292 e. The van der Waals surface area contributed by atoms with Crippen molar-refractivity contribution in [3.8, 4) is 0 Å². The number of benzene rings is 1. The lowest BCUT2D eigenvalue weighted by molar-refractivity contribution is 0.0977. The van der Waals surface area contributed by atoms with Crippen molar-refractivity contribution in [2.45, 2.75) is 38.1 Å². The summed E-state index contributed by atoms with van der Waals surface area (Å²) in [7, 11) is -3.81. The van der Waals surface area contributed by atoms with Crippen molar-refractivity contribution in [1.29, 1.82) is 0 Å². The minimum atomic E-state index is -3.81. The smallest absolute Gasteiger partial charge is 0.240 e. The van der Waals surface area contributed by atoms with Crippen molar-refractivity contribution in [1.82, 2.24) is 19.7 Å². The predicted molar refractivity (Wildman–Crippen MR) is 117 cm³/mol. The fourth-order valence-corrected chi connectivity index (χ4v) is 4.76. The second kappa shape index (κ2) is 9.49. The zero-order valence-electron chi connectivity index (χ0n) is 16.1. The van der Waals surface area contributed by atoms with E-state index in [1.165, 1.54) is 24.4 Å². The van der Waals surface area contributed by atoms with Crippen LogP contribution in [0.15, 0.2) is 35.5 Å². The van der Waals surface area contributed by atoms with Crippen LogP contribution in [0.2, 0.25) is 10.0 Å². The minimum absolute atomic E-state index is 0.00684. The third-order valence-corrected chi connectivity index (χ3v) is 7.34. The van der Waals surface area contributed by atoms with Crippen LogP contribution in [0.25, 0.3) is 0 Å². The number of rotatable bonds is 8. The Bertz CT molecular complexity index is 1200. The van der Waals surface area contributed by atoms with E-state index in [-0.39, 0.29) is 33.0 Å². The monoisotopic (exact) mass is 484 g/mol. The van der Waals surface area contributed by atoms with E-state index in [0.717, 1.165) is 9.88 Å². The van der Waals surface area contributed by atoms with Crippen LogP contribution in [0.1, 0.15) is 38.2 Å². The standard InChI is InChI=1S/C19H18Cl2N4O3S2/c1-11-17(10-24-30(27,28)14-4-5-15(20)16(21)7-14)23-9-18(25-11)19(26)6-3-13-8-22-12(2)29-13/h4-5,7-9,24H,3,6,10H2,1-2H3. The zero-order valence-corrected chi connectivity index (χ0v) is 19.3. The van der Waals surface area contributed by atoms with Crippen molar-refractivity contribution < 1.29 is 13.2 Å². The quantitative estimate of drug-likeness (QED) is 0.481. The van der Waals surface area contributed by atoms with Crippen LogP contribution in [0, 0.1) is 13.8 Å². The molecule has 1 N–H and O–H groups in total. The molecule has 7 nitrogen and oxygen atoms in total. The number of nitrogens with one attached hydrogen (secondary N) is 1. The second-order valence-electron chi connectivity index (χ2n) is 6.46. The van der Waals surface area contributed by atoms with Crippen LogP contribution in [-0.2, 0) is 23.0 Å². The summed E-state index contributed by atoms with van der Waals surface area (Å²) in [6.07, 6.45) is 4.04. The Labute approximate surface area is 188 Å². The maximum absolute atomic E-state index is 12.5. The third kappa shape index (κ3) is 5.61. The Balaban J connectivity index is 1.64. The van der Waals surface area contributed by atoms with Crippen molar-refractivity contribution in [2.24, 2.45) is 0 Å². The van der Waals surface area contributed by atoms with E-state index in [2.05, 4.69) is 19.7 Å². The number of thiazole rings is 1. The lowest BCUT2D eigenvalue weighted by atomic mass is 10.1. The van der Waals surface area contributed by atoms with Gasteiger partial charge in [-0.2, -0.15) is 0 Å². The molecular formula is C19H18Cl2N4O3S2. The Morgan fingerprint density at radius 3 is 2.53 bits per heavy atom. The van der Waals surface area contributed by atoms with E-state index in [0.29, 0.717) is 24.2 Å². The van der Waals surface area contributed by atoms with Gasteiger partial charge in [0.05, 0.1) is 44.1 Å². The summed E-state index contributed by atoms with van der Waals surface area (Å²) in [5.41, 5.74) is 1.16. The molecule has 0 aliphatic carbocycles. The highest BCUT2D eigenvalue weighted by Crippen LogP contribution is 2.24. The van der Waals surface area contributed by atoms with Crippen LogP contribution < -0.4 is 4.72 Å². The molecule has 3 rings (SSSR count). The molecule has 0 atom stereocenters. The molecule has 30 heavy (non-hydrogen) atoms. The summed E-state index contributed by atoms with van der Waals surface area (Å²) < 4.78 is 27.4. The molecule has 0 saturated heterocycles. The first kappa shape index (κ1) is 22.8. The fraction of sp³-hybridized carbons (Fsp3) is 0.263. The van der Waals surface area contributed by atoms with Gasteiger partial charge in [-0.05, 0) is 38.5 Å². The van der Waals surface area contributed by atoms with Gasteiger partial charge in [-0.3, -0.25) is 9.78 Å². The highest BCUT2D eigenvalue weighted by molar-refractivity contribution is 7.89. The molecule has 2 aromatic heterocycles. The second-order valence-corrected chi connectivity index (χ2v) is 10.4. The van der Waals surface area contributed by atoms with Crippen LogP contribution in [0.5, 0.6) is 0 Å². The molecule has 0 radical (unpaired) electrons. The molecule has 0 amide bonds. The van der Waals surface area contributed by atoms with Gasteiger partial charge >= 0.3 is 0 Å². The summed E-state index contributed by atoms with van der Waals surface area (Å²) in [6, 6.07) is 4.05. The van der Waals surface area contributed by atoms with Crippen molar-refractivity contribution in [2.75, 3.05) is 0 Å². The van der Waals surface area contributed by atoms with E-state index in [1.54, 1.807) is 24.5 Å². The van der Waals surface area contributed by atoms with Crippen LogP contribution >= 0.6 is 34.5 Å². The summed E-state index contributed by atoms with van der Waals surface area (Å²) >= 11 is 13.3. The molecule has 0 spiro atoms. The number of carbonyl (C=O) groups is 1. The minimum Gasteiger partial charge on any atom is -0.292 e. The van der Waals surface area contributed by atoms with Gasteiger partial charge in [0.15, 0.2) is 5.78 Å². The molecule has 1 aromatic carbocycles. The predicted octanol–water partition coefficient (Wildman–Crippen LogP) is 4.15. The molecule has 3 aromatic rings. The highest BCUT2D eigenvalue weighted by atomic mass is 35.5. The molecule has 0 saturated carbocycles. The highest BCUT2D eigenvalue weighted by Gasteiger charge is 2.17. The summed E-state index contributed by atoms with van der Waals surface area (Å²) in [4.78, 5) is 26.1. The van der Waals surface area contributed by atoms with Crippen molar-refractivity contribution in [3.63, 3.8) is 0 Å². The molecule has 11 heteroatoms. The molecule has 158 valence electrons. The number of aryl methyl sites for hydroxylation is 3. The molecule has 0 aliphatic rings. The number of nitrogens with zero attached hydrogens (tertiary/aromatic N) is 3. The van der Waals surface area contributed by atoms with Gasteiger partial charge in [-0.1, -0.05) is 23.2 Å². The Morgan fingerprint density at radius 1 is 1.13 bits per heavy atom. The average molecular weight is 485 g/mol. The van der Waals surface area contributed by atoms with Gasteiger partial charge in [-0.25, -0.2) is 23.1 Å². The number of ketones is 1. The first-order valence-electron chi connectivity index (χ1n) is 8.87. The number of halogens is 2. The zero-order chi connectivity index (χ0) is 21.9. The fourth-order valence-electron chi connectivity index (χ4n) is 2.59. The van der Waals surface area contributed by atoms with E-state index in [1.807, 2.05) is 6.92 Å². The first-order valence-corrected chi connectivity index (χ1v) is 11.9. The van der Waals surface area contributed by atoms with Gasteiger partial charge in [-0.15, -0.1) is 11.3 Å². The number of carbonyl (C=O) groups excluding carboxylic acids is 1. The Hall–Kier alpha value is -1.91. The average Bonchev–Trinajstić information content (AvgIpc) is 3.12. The van der Waals surface area contributed by atoms with Crippen LogP contribution in [0.4, 0.5) is 0 Å². The number of Topliss-reactive ketones (excluding diaryl/α,β-unsaturated/α-hetero) is 1. The van der Waals surface area contributed by atoms with Gasteiger partial charge in [0.2, 0.25) is 10.0 Å². The van der Waals surface area contributed by atoms with Crippen LogP contribution in [-0.4, -0.2) is 29.2 Å². The lowest BCUT2D eigenvalue weighted by Crippen LogP contribution is -2.24. The van der Waals surface area contributed by atoms with Gasteiger partial charge in [0.25, 0.3) is 0 Å². The SMILES string of the molecule is Cc1ncc(CCC(=O)c2cnc(CNS(=O)(=O)c3ccc(Cl)c(Cl)c3)c(C)n2)s1. The van der Waals surface area contributed by atoms with Gasteiger partial charge < -0.3 is 0 Å². The van der Waals surface area contributed by atoms with E-state index < -0.39 is 10.0 Å². The maximum atomic E-state index is 12.5. The topological polar surface area (TPSA) is 102 Å². The Kier molecular flexibility index (Phi) is 7.20. The maximum Gasteiger partial charge on any atom is 0.240 e. The molecule has 0 aliphatic heterocycles. The molecular weight excluding hydrogens is 467 g/mol. The summed E-state index contributed by atoms with van der Waals surface area (Å²) in [5.74, 6) is -0.125. The summed E-state index contributed by atoms with van der Waals surface area (Å²) in [5, 5.41) is 1.37. The molecule has 2 heterocycles. The number of hydrogen-bond acceptors (Lipinski definition) is 7. The number of aromatic nitrogens is 3. The number of hydrogen-bond donors (Lipinski definition) is 1. The van der Waals surface area contributed by atoms with E-state index >= 15 is 0 Å². The first-order chi connectivity index (χ1) is 14.2. The lowest BCUT2D eigenvalue weighted by Gasteiger charge is -2.09. The molecule has 0 fully saturated rings. The normalized spacial score (nSPS) is 11.6. The molecule has 0 unspecified atom stereocenters. The van der Waals surface area contributed by atoms with E-state index in [4.69, 9.17) is 23.2 Å². The molecule has 0 bridgehead atoms. The Morgan fingerprint density at radius 2 is 1.90 bits per heavy atom. The van der Waals surface area contributed by atoms with Crippen LogP contribution in [0.3, 0.4) is 0 Å². The van der Waals surface area contributed by atoms with Crippen molar-refractivity contribution >= 4 is 50.3 Å². The third-order valence-electron chi connectivity index (χ3n) is 4.23. The summed E-state index contributed by atoms with van der Waals surface area (Å²) in [6.45, 7) is 3.52. The van der Waals surface area contributed by atoms with Gasteiger partial charge in [0, 0.05) is 17.5 Å². The van der Waals surface area contributed by atoms with Crippen molar-refractivity contribution in [3.05, 3.63) is 67.6 Å². The van der Waals surface area contributed by atoms with Gasteiger partial charge in [0.1, 0.15) is 5.69 Å². The van der Waals surface area contributed by atoms with E-state index in [9.17, 15) is 13.2 Å².